The number of rotatable bonds is 7. The van der Waals surface area contributed by atoms with Crippen LogP contribution in [0.1, 0.15) is 11.7 Å². The lowest BCUT2D eigenvalue weighted by Crippen LogP contribution is -2.09. The molecule has 27 heavy (non-hydrogen) atoms. The van der Waals surface area contributed by atoms with Crippen LogP contribution in [0, 0.1) is 10.1 Å². The normalized spacial score (nSPS) is 12.1. The van der Waals surface area contributed by atoms with E-state index in [-0.39, 0.29) is 18.0 Å². The predicted octanol–water partition coefficient (Wildman–Crippen LogP) is 3.79. The lowest BCUT2D eigenvalue weighted by atomic mass is 10.1. The van der Waals surface area contributed by atoms with Gasteiger partial charge in [0.25, 0.3) is 5.69 Å². The molecule has 0 spiro atoms. The standard InChI is InChI=1S/C18H15F2N3O4/c19-18(20)27-15-6-4-12(5-7-15)16(24)11-22-9-8-21-17(22)13-2-1-3-14(10-13)23(25)26/h1-10,16,18,24H,11H2. The number of benzene rings is 2. The zero-order valence-electron chi connectivity index (χ0n) is 13.9. The van der Waals surface area contributed by atoms with Crippen LogP contribution in [0.3, 0.4) is 0 Å². The maximum absolute atomic E-state index is 12.2. The highest BCUT2D eigenvalue weighted by Crippen LogP contribution is 2.25. The van der Waals surface area contributed by atoms with E-state index in [2.05, 4.69) is 9.72 Å². The minimum absolute atomic E-state index is 0.000801. The van der Waals surface area contributed by atoms with E-state index in [1.807, 2.05) is 0 Å². The molecule has 0 aliphatic rings. The van der Waals surface area contributed by atoms with Gasteiger partial charge in [-0.25, -0.2) is 4.98 Å². The van der Waals surface area contributed by atoms with Crippen LogP contribution in [-0.2, 0) is 6.54 Å². The molecule has 1 heterocycles. The van der Waals surface area contributed by atoms with E-state index >= 15 is 0 Å². The van der Waals surface area contributed by atoms with Crippen LogP contribution in [0.25, 0.3) is 11.4 Å². The van der Waals surface area contributed by atoms with Crippen LogP contribution in [-0.4, -0.2) is 26.2 Å². The lowest BCUT2D eigenvalue weighted by Gasteiger charge is -2.15. The van der Waals surface area contributed by atoms with E-state index in [1.165, 1.54) is 42.6 Å². The molecule has 1 unspecified atom stereocenters. The molecule has 1 aromatic heterocycles. The Hall–Kier alpha value is -3.33. The van der Waals surface area contributed by atoms with E-state index in [0.29, 0.717) is 17.0 Å². The van der Waals surface area contributed by atoms with Crippen molar-refractivity contribution in [2.45, 2.75) is 19.3 Å². The quantitative estimate of drug-likeness (QED) is 0.501. The second-order valence-corrected chi connectivity index (χ2v) is 5.67. The van der Waals surface area contributed by atoms with Gasteiger partial charge in [0.15, 0.2) is 0 Å². The zero-order valence-corrected chi connectivity index (χ0v) is 13.9. The van der Waals surface area contributed by atoms with Gasteiger partial charge in [0.1, 0.15) is 11.6 Å². The lowest BCUT2D eigenvalue weighted by molar-refractivity contribution is -0.384. The van der Waals surface area contributed by atoms with Gasteiger partial charge in [-0.15, -0.1) is 0 Å². The van der Waals surface area contributed by atoms with Crippen molar-refractivity contribution in [3.63, 3.8) is 0 Å². The third-order valence-corrected chi connectivity index (χ3v) is 3.89. The van der Waals surface area contributed by atoms with Crippen molar-refractivity contribution in [1.29, 1.82) is 0 Å². The van der Waals surface area contributed by atoms with E-state index in [4.69, 9.17) is 0 Å². The molecule has 2 aromatic carbocycles. The van der Waals surface area contributed by atoms with Crippen LogP contribution in [0.2, 0.25) is 0 Å². The molecule has 0 bridgehead atoms. The van der Waals surface area contributed by atoms with Gasteiger partial charge >= 0.3 is 6.61 Å². The highest BCUT2D eigenvalue weighted by Gasteiger charge is 2.15. The third kappa shape index (κ3) is 4.45. The van der Waals surface area contributed by atoms with Crippen LogP contribution in [0.5, 0.6) is 5.75 Å². The number of hydrogen-bond acceptors (Lipinski definition) is 5. The fraction of sp³-hybridized carbons (Fsp3) is 0.167. The minimum Gasteiger partial charge on any atom is -0.435 e. The molecule has 0 fully saturated rings. The van der Waals surface area contributed by atoms with Crippen LogP contribution in [0.15, 0.2) is 60.9 Å². The van der Waals surface area contributed by atoms with Crippen molar-refractivity contribution in [2.24, 2.45) is 0 Å². The molecule has 140 valence electrons. The Morgan fingerprint density at radius 1 is 1.22 bits per heavy atom. The highest BCUT2D eigenvalue weighted by atomic mass is 19.3. The second kappa shape index (κ2) is 7.92. The topological polar surface area (TPSA) is 90.4 Å². The SMILES string of the molecule is O=[N+]([O-])c1cccc(-c2nccn2CC(O)c2ccc(OC(F)F)cc2)c1. The van der Waals surface area contributed by atoms with Crippen LogP contribution in [0.4, 0.5) is 14.5 Å². The van der Waals surface area contributed by atoms with Crippen molar-refractivity contribution in [3.05, 3.63) is 76.6 Å². The fourth-order valence-corrected chi connectivity index (χ4v) is 2.64. The Bertz CT molecular complexity index is 928. The van der Waals surface area contributed by atoms with Gasteiger partial charge in [-0.3, -0.25) is 10.1 Å². The van der Waals surface area contributed by atoms with Gasteiger partial charge in [-0.1, -0.05) is 24.3 Å². The van der Waals surface area contributed by atoms with Crippen molar-refractivity contribution in [1.82, 2.24) is 9.55 Å². The average Bonchev–Trinajstić information content (AvgIpc) is 3.10. The monoisotopic (exact) mass is 375 g/mol. The van der Waals surface area contributed by atoms with E-state index < -0.39 is 17.6 Å². The number of ether oxygens (including phenoxy) is 1. The molecule has 3 rings (SSSR count). The number of hydrogen-bond donors (Lipinski definition) is 1. The molecular formula is C18H15F2N3O4. The molecule has 0 radical (unpaired) electrons. The summed E-state index contributed by atoms with van der Waals surface area (Å²) in [7, 11) is 0. The number of non-ortho nitro benzene ring substituents is 1. The van der Waals surface area contributed by atoms with Gasteiger partial charge in [-0.05, 0) is 17.7 Å². The Balaban J connectivity index is 1.78. The van der Waals surface area contributed by atoms with E-state index in [1.54, 1.807) is 22.9 Å². The number of aliphatic hydroxyl groups excluding tert-OH is 1. The number of aromatic nitrogens is 2. The Labute approximate surface area is 152 Å². The largest absolute Gasteiger partial charge is 0.435 e. The number of alkyl halides is 2. The number of nitro benzene ring substituents is 1. The van der Waals surface area contributed by atoms with Crippen molar-refractivity contribution in [2.75, 3.05) is 0 Å². The molecule has 0 saturated heterocycles. The molecule has 0 saturated carbocycles. The molecule has 0 aliphatic heterocycles. The summed E-state index contributed by atoms with van der Waals surface area (Å²) in [4.78, 5) is 14.7. The van der Waals surface area contributed by atoms with Crippen LogP contribution < -0.4 is 4.74 Å². The van der Waals surface area contributed by atoms with E-state index in [9.17, 15) is 24.0 Å². The summed E-state index contributed by atoms with van der Waals surface area (Å²) in [5.41, 5.74) is 0.995. The maximum Gasteiger partial charge on any atom is 0.387 e. The second-order valence-electron chi connectivity index (χ2n) is 5.67. The van der Waals surface area contributed by atoms with E-state index in [0.717, 1.165) is 0 Å². The molecule has 0 amide bonds. The number of nitro groups is 1. The smallest absolute Gasteiger partial charge is 0.387 e. The van der Waals surface area contributed by atoms with Gasteiger partial charge in [0, 0.05) is 30.1 Å². The maximum atomic E-state index is 12.2. The molecule has 3 aromatic rings. The Morgan fingerprint density at radius 3 is 2.63 bits per heavy atom. The van der Waals surface area contributed by atoms with Gasteiger partial charge in [-0.2, -0.15) is 8.78 Å². The summed E-state index contributed by atoms with van der Waals surface area (Å²) in [5, 5.41) is 21.4. The molecule has 1 atom stereocenters. The third-order valence-electron chi connectivity index (χ3n) is 3.89. The Morgan fingerprint density at radius 2 is 1.96 bits per heavy atom. The molecule has 0 aliphatic carbocycles. The highest BCUT2D eigenvalue weighted by molar-refractivity contribution is 5.59. The van der Waals surface area contributed by atoms with Gasteiger partial charge in [0.05, 0.1) is 17.6 Å². The van der Waals surface area contributed by atoms with Crippen LogP contribution >= 0.6 is 0 Å². The predicted molar refractivity (Wildman–Crippen MR) is 92.4 cm³/mol. The first-order chi connectivity index (χ1) is 12.9. The fourth-order valence-electron chi connectivity index (χ4n) is 2.64. The number of halogens is 2. The number of imidazole rings is 1. The zero-order chi connectivity index (χ0) is 19.4. The summed E-state index contributed by atoms with van der Waals surface area (Å²) in [5.74, 6) is 0.469. The Kier molecular flexibility index (Phi) is 5.41. The first-order valence-corrected chi connectivity index (χ1v) is 7.93. The molecule has 1 N–H and O–H groups in total. The van der Waals surface area contributed by atoms with Crippen molar-refractivity contribution < 1.29 is 23.5 Å². The summed E-state index contributed by atoms with van der Waals surface area (Å²) in [6, 6.07) is 11.7. The van der Waals surface area contributed by atoms with Crippen molar-refractivity contribution >= 4 is 5.69 Å². The minimum atomic E-state index is -2.91. The summed E-state index contributed by atoms with van der Waals surface area (Å²) in [6.07, 6.45) is 2.24. The number of aliphatic hydroxyl groups is 1. The van der Waals surface area contributed by atoms with Crippen molar-refractivity contribution in [3.8, 4) is 17.1 Å². The molecular weight excluding hydrogens is 360 g/mol. The summed E-state index contributed by atoms with van der Waals surface area (Å²) < 4.78 is 30.3. The molecule has 9 heteroatoms. The summed E-state index contributed by atoms with van der Waals surface area (Å²) >= 11 is 0. The summed E-state index contributed by atoms with van der Waals surface area (Å²) in [6.45, 7) is -2.78. The molecule has 7 nitrogen and oxygen atoms in total. The van der Waals surface area contributed by atoms with Gasteiger partial charge < -0.3 is 14.4 Å². The first kappa shape index (κ1) is 18.5. The van der Waals surface area contributed by atoms with Gasteiger partial charge in [0.2, 0.25) is 0 Å². The number of nitrogens with zero attached hydrogens (tertiary/aromatic N) is 3. The average molecular weight is 375 g/mol. The first-order valence-electron chi connectivity index (χ1n) is 7.93.